The van der Waals surface area contributed by atoms with Crippen molar-refractivity contribution in [1.29, 1.82) is 0 Å². The number of piperidine rings is 1. The van der Waals surface area contributed by atoms with Crippen LogP contribution in [0.5, 0.6) is 0 Å². The van der Waals surface area contributed by atoms with Crippen LogP contribution in [0.1, 0.15) is 24.8 Å². The standard InChI is InChI=1S/C14H19NO2/c1-2-17-14(16)13-8-12(9-15-10-13)11-6-4-3-5-7-11/h3-7,12-13,15H,2,8-10H2,1H3. The third kappa shape index (κ3) is 3.07. The Kier molecular flexibility index (Phi) is 4.15. The van der Waals surface area contributed by atoms with E-state index in [1.54, 1.807) is 0 Å². The first kappa shape index (κ1) is 12.1. The monoisotopic (exact) mass is 233 g/mol. The highest BCUT2D eigenvalue weighted by Crippen LogP contribution is 2.26. The maximum Gasteiger partial charge on any atom is 0.310 e. The molecule has 0 aliphatic carbocycles. The third-order valence-electron chi connectivity index (χ3n) is 3.24. The second-order valence-corrected chi connectivity index (χ2v) is 4.45. The Hall–Kier alpha value is -1.35. The molecule has 17 heavy (non-hydrogen) atoms. The number of benzene rings is 1. The summed E-state index contributed by atoms with van der Waals surface area (Å²) in [6.07, 6.45) is 0.885. The summed E-state index contributed by atoms with van der Waals surface area (Å²) in [6.45, 7) is 4.00. The first-order chi connectivity index (χ1) is 8.31. The van der Waals surface area contributed by atoms with E-state index in [2.05, 4.69) is 17.4 Å². The average Bonchev–Trinajstić information content (AvgIpc) is 2.40. The maximum absolute atomic E-state index is 11.7. The number of hydrogen-bond donors (Lipinski definition) is 1. The summed E-state index contributed by atoms with van der Waals surface area (Å²) in [7, 11) is 0. The lowest BCUT2D eigenvalue weighted by atomic mass is 9.85. The van der Waals surface area contributed by atoms with Gasteiger partial charge < -0.3 is 10.1 Å². The fraction of sp³-hybridized carbons (Fsp3) is 0.500. The number of rotatable bonds is 3. The van der Waals surface area contributed by atoms with Crippen LogP contribution in [0.15, 0.2) is 30.3 Å². The zero-order chi connectivity index (χ0) is 12.1. The van der Waals surface area contributed by atoms with Crippen molar-refractivity contribution in [3.05, 3.63) is 35.9 Å². The summed E-state index contributed by atoms with van der Waals surface area (Å²) in [5.74, 6) is 0.342. The van der Waals surface area contributed by atoms with Crippen LogP contribution in [-0.4, -0.2) is 25.7 Å². The second-order valence-electron chi connectivity index (χ2n) is 4.45. The average molecular weight is 233 g/mol. The van der Waals surface area contributed by atoms with Crippen molar-refractivity contribution in [2.24, 2.45) is 5.92 Å². The molecule has 0 spiro atoms. The molecule has 0 aromatic heterocycles. The maximum atomic E-state index is 11.7. The van der Waals surface area contributed by atoms with E-state index in [1.165, 1.54) is 5.56 Å². The molecule has 2 unspecified atom stereocenters. The highest BCUT2D eigenvalue weighted by Gasteiger charge is 2.28. The molecule has 2 rings (SSSR count). The van der Waals surface area contributed by atoms with Gasteiger partial charge in [0.05, 0.1) is 12.5 Å². The second kappa shape index (κ2) is 5.82. The Morgan fingerprint density at radius 2 is 2.12 bits per heavy atom. The van der Waals surface area contributed by atoms with Crippen molar-refractivity contribution in [1.82, 2.24) is 5.32 Å². The summed E-state index contributed by atoms with van der Waals surface area (Å²) in [5, 5.41) is 3.32. The third-order valence-corrected chi connectivity index (χ3v) is 3.24. The first-order valence-corrected chi connectivity index (χ1v) is 6.23. The van der Waals surface area contributed by atoms with Crippen molar-refractivity contribution in [3.8, 4) is 0 Å². The molecule has 0 saturated carbocycles. The molecule has 1 aromatic rings. The van der Waals surface area contributed by atoms with Gasteiger partial charge in [-0.2, -0.15) is 0 Å². The first-order valence-electron chi connectivity index (χ1n) is 6.23. The van der Waals surface area contributed by atoms with Gasteiger partial charge in [0.15, 0.2) is 0 Å². The predicted octanol–water partition coefficient (Wildman–Crippen LogP) is 1.94. The topological polar surface area (TPSA) is 38.3 Å². The predicted molar refractivity (Wildman–Crippen MR) is 66.8 cm³/mol. The van der Waals surface area contributed by atoms with E-state index < -0.39 is 0 Å². The SMILES string of the molecule is CCOC(=O)C1CNCC(c2ccccc2)C1. The quantitative estimate of drug-likeness (QED) is 0.811. The van der Waals surface area contributed by atoms with Gasteiger partial charge in [-0.05, 0) is 24.8 Å². The Labute approximate surface area is 102 Å². The minimum absolute atomic E-state index is 0.00564. The van der Waals surface area contributed by atoms with Crippen LogP contribution in [0.25, 0.3) is 0 Å². The van der Waals surface area contributed by atoms with Gasteiger partial charge in [0.25, 0.3) is 0 Å². The molecule has 2 atom stereocenters. The molecular formula is C14H19NO2. The molecule has 92 valence electrons. The van der Waals surface area contributed by atoms with E-state index in [1.807, 2.05) is 25.1 Å². The molecule has 1 saturated heterocycles. The molecule has 1 fully saturated rings. The van der Waals surface area contributed by atoms with Gasteiger partial charge in [0.2, 0.25) is 0 Å². The summed E-state index contributed by atoms with van der Waals surface area (Å²) >= 11 is 0. The molecule has 0 bridgehead atoms. The van der Waals surface area contributed by atoms with Crippen molar-refractivity contribution < 1.29 is 9.53 Å². The fourth-order valence-corrected chi connectivity index (χ4v) is 2.36. The molecule has 0 radical (unpaired) electrons. The van der Waals surface area contributed by atoms with Crippen molar-refractivity contribution in [2.45, 2.75) is 19.3 Å². The Balaban J connectivity index is 2.00. The molecule has 3 heteroatoms. The fourth-order valence-electron chi connectivity index (χ4n) is 2.36. The van der Waals surface area contributed by atoms with Crippen molar-refractivity contribution in [3.63, 3.8) is 0 Å². The van der Waals surface area contributed by atoms with Gasteiger partial charge >= 0.3 is 5.97 Å². The van der Waals surface area contributed by atoms with E-state index >= 15 is 0 Å². The van der Waals surface area contributed by atoms with Crippen LogP contribution in [-0.2, 0) is 9.53 Å². The molecule has 1 aliphatic rings. The lowest BCUT2D eigenvalue weighted by Crippen LogP contribution is -2.39. The van der Waals surface area contributed by atoms with Gasteiger partial charge in [0.1, 0.15) is 0 Å². The normalized spacial score (nSPS) is 24.3. The molecule has 1 N–H and O–H groups in total. The van der Waals surface area contributed by atoms with E-state index in [4.69, 9.17) is 4.74 Å². The van der Waals surface area contributed by atoms with Gasteiger partial charge in [-0.25, -0.2) is 0 Å². The minimum atomic E-state index is -0.0689. The van der Waals surface area contributed by atoms with E-state index in [0.717, 1.165) is 19.5 Å². The van der Waals surface area contributed by atoms with Crippen LogP contribution in [0.3, 0.4) is 0 Å². The van der Waals surface area contributed by atoms with Crippen molar-refractivity contribution >= 4 is 5.97 Å². The zero-order valence-electron chi connectivity index (χ0n) is 10.2. The summed E-state index contributed by atoms with van der Waals surface area (Å²) < 4.78 is 5.09. The number of hydrogen-bond acceptors (Lipinski definition) is 3. The van der Waals surface area contributed by atoms with E-state index in [-0.39, 0.29) is 11.9 Å². The largest absolute Gasteiger partial charge is 0.466 e. The van der Waals surface area contributed by atoms with Crippen LogP contribution in [0.2, 0.25) is 0 Å². The lowest BCUT2D eigenvalue weighted by Gasteiger charge is -2.28. The van der Waals surface area contributed by atoms with Crippen LogP contribution >= 0.6 is 0 Å². The highest BCUT2D eigenvalue weighted by molar-refractivity contribution is 5.73. The van der Waals surface area contributed by atoms with Crippen LogP contribution < -0.4 is 5.32 Å². The number of carbonyl (C=O) groups is 1. The van der Waals surface area contributed by atoms with E-state index in [9.17, 15) is 4.79 Å². The Bertz CT molecular complexity index is 364. The Morgan fingerprint density at radius 3 is 2.82 bits per heavy atom. The molecule has 1 aromatic carbocycles. The summed E-state index contributed by atoms with van der Waals surface area (Å²) in [5.41, 5.74) is 1.30. The summed E-state index contributed by atoms with van der Waals surface area (Å²) in [6, 6.07) is 10.4. The zero-order valence-corrected chi connectivity index (χ0v) is 10.2. The van der Waals surface area contributed by atoms with Crippen molar-refractivity contribution in [2.75, 3.05) is 19.7 Å². The van der Waals surface area contributed by atoms with Crippen LogP contribution in [0.4, 0.5) is 0 Å². The summed E-state index contributed by atoms with van der Waals surface area (Å²) in [4.78, 5) is 11.7. The number of esters is 1. The number of nitrogens with one attached hydrogen (secondary N) is 1. The Morgan fingerprint density at radius 1 is 1.35 bits per heavy atom. The highest BCUT2D eigenvalue weighted by atomic mass is 16.5. The smallest absolute Gasteiger partial charge is 0.310 e. The molecule has 3 nitrogen and oxygen atoms in total. The molecule has 1 aliphatic heterocycles. The molecule has 1 heterocycles. The molecule has 0 amide bonds. The number of ether oxygens (including phenoxy) is 1. The van der Waals surface area contributed by atoms with Gasteiger partial charge in [-0.15, -0.1) is 0 Å². The van der Waals surface area contributed by atoms with Crippen LogP contribution in [0, 0.1) is 5.92 Å². The van der Waals surface area contributed by atoms with Gasteiger partial charge in [0, 0.05) is 13.1 Å². The number of carbonyl (C=O) groups excluding carboxylic acids is 1. The van der Waals surface area contributed by atoms with E-state index in [0.29, 0.717) is 12.5 Å². The molecular weight excluding hydrogens is 214 g/mol. The lowest BCUT2D eigenvalue weighted by molar-refractivity contribution is -0.148. The van der Waals surface area contributed by atoms with Gasteiger partial charge in [-0.3, -0.25) is 4.79 Å². The van der Waals surface area contributed by atoms with Gasteiger partial charge in [-0.1, -0.05) is 30.3 Å². The minimum Gasteiger partial charge on any atom is -0.466 e.